The molecule has 3 heteroatoms. The van der Waals surface area contributed by atoms with Gasteiger partial charge in [0, 0.05) is 32.4 Å². The van der Waals surface area contributed by atoms with Gasteiger partial charge in [-0.2, -0.15) is 0 Å². The molecule has 0 N–H and O–H groups in total. The number of carbonyl (C=O) groups excluding carboxylic acids is 1. The van der Waals surface area contributed by atoms with Crippen molar-refractivity contribution < 1.29 is 4.79 Å². The molecule has 0 bridgehead atoms. The van der Waals surface area contributed by atoms with Gasteiger partial charge in [-0.15, -0.1) is 0 Å². The van der Waals surface area contributed by atoms with Gasteiger partial charge in [0.05, 0.1) is 0 Å². The first-order chi connectivity index (χ1) is 9.69. The number of nitrogens with zero attached hydrogens (tertiary/aromatic N) is 2. The molecule has 0 fully saturated rings. The van der Waals surface area contributed by atoms with E-state index in [1.54, 1.807) is 19.3 Å². The molecule has 1 heterocycles. The number of amides is 1. The third kappa shape index (κ3) is 3.92. The maximum absolute atomic E-state index is 11.8. The van der Waals surface area contributed by atoms with Gasteiger partial charge in [-0.3, -0.25) is 9.78 Å². The Bertz CT molecular complexity index is 549. The van der Waals surface area contributed by atoms with Gasteiger partial charge in [0.2, 0.25) is 5.91 Å². The molecule has 0 saturated carbocycles. The lowest BCUT2D eigenvalue weighted by molar-refractivity contribution is -0.130. The molecule has 0 aliphatic heterocycles. The summed E-state index contributed by atoms with van der Waals surface area (Å²) in [5, 5.41) is 0. The van der Waals surface area contributed by atoms with Crippen LogP contribution >= 0.6 is 0 Å². The molecular formula is C17H20N2O. The van der Waals surface area contributed by atoms with Crippen LogP contribution in [0.3, 0.4) is 0 Å². The Balaban J connectivity index is 2.07. The van der Waals surface area contributed by atoms with Crippen LogP contribution in [0, 0.1) is 0 Å². The fourth-order valence-corrected chi connectivity index (χ4v) is 2.09. The summed E-state index contributed by atoms with van der Waals surface area (Å²) < 4.78 is 0. The molecule has 0 saturated heterocycles. The Labute approximate surface area is 120 Å². The molecule has 20 heavy (non-hydrogen) atoms. The standard InChI is InChI=1S/C17H20N2O/c1-3-15-6-8-16(9-7-15)12-19(14(2)20)13-17-5-4-10-18-11-17/h4-11H,3,12-13H2,1-2H3. The zero-order chi connectivity index (χ0) is 14.4. The molecular weight excluding hydrogens is 248 g/mol. The van der Waals surface area contributed by atoms with E-state index in [2.05, 4.69) is 36.2 Å². The van der Waals surface area contributed by atoms with E-state index in [0.29, 0.717) is 13.1 Å². The number of rotatable bonds is 5. The lowest BCUT2D eigenvalue weighted by atomic mass is 10.1. The first-order valence-electron chi connectivity index (χ1n) is 6.91. The number of pyridine rings is 1. The molecule has 0 atom stereocenters. The van der Waals surface area contributed by atoms with Crippen LogP contribution in [-0.2, 0) is 24.3 Å². The Morgan fingerprint density at radius 2 is 1.70 bits per heavy atom. The molecule has 2 rings (SSSR count). The minimum Gasteiger partial charge on any atom is -0.334 e. The van der Waals surface area contributed by atoms with Crippen LogP contribution in [0.5, 0.6) is 0 Å². The molecule has 0 spiro atoms. The highest BCUT2D eigenvalue weighted by Gasteiger charge is 2.10. The molecule has 3 nitrogen and oxygen atoms in total. The van der Waals surface area contributed by atoms with Gasteiger partial charge >= 0.3 is 0 Å². The molecule has 0 unspecified atom stereocenters. The zero-order valence-electron chi connectivity index (χ0n) is 12.0. The second kappa shape index (κ2) is 6.85. The summed E-state index contributed by atoms with van der Waals surface area (Å²) in [5.41, 5.74) is 3.52. The highest BCUT2D eigenvalue weighted by atomic mass is 16.2. The summed E-state index contributed by atoms with van der Waals surface area (Å²) in [6.07, 6.45) is 4.58. The predicted octanol–water partition coefficient (Wildman–Crippen LogP) is 3.19. The van der Waals surface area contributed by atoms with E-state index < -0.39 is 0 Å². The number of carbonyl (C=O) groups is 1. The monoisotopic (exact) mass is 268 g/mol. The summed E-state index contributed by atoms with van der Waals surface area (Å²) >= 11 is 0. The van der Waals surface area contributed by atoms with E-state index >= 15 is 0 Å². The SMILES string of the molecule is CCc1ccc(CN(Cc2cccnc2)C(C)=O)cc1. The van der Waals surface area contributed by atoms with Crippen molar-refractivity contribution in [1.29, 1.82) is 0 Å². The molecule has 0 aliphatic rings. The molecule has 1 aromatic heterocycles. The minimum atomic E-state index is 0.0772. The van der Waals surface area contributed by atoms with Crippen molar-refractivity contribution in [2.24, 2.45) is 0 Å². The predicted molar refractivity (Wildman–Crippen MR) is 80.0 cm³/mol. The number of aryl methyl sites for hydroxylation is 1. The fourth-order valence-electron chi connectivity index (χ4n) is 2.09. The Morgan fingerprint density at radius 1 is 1.05 bits per heavy atom. The third-order valence-corrected chi connectivity index (χ3v) is 3.35. The van der Waals surface area contributed by atoms with Crippen molar-refractivity contribution in [2.75, 3.05) is 0 Å². The normalized spacial score (nSPS) is 10.3. The van der Waals surface area contributed by atoms with E-state index in [1.165, 1.54) is 5.56 Å². The van der Waals surface area contributed by atoms with E-state index in [-0.39, 0.29) is 5.91 Å². The quantitative estimate of drug-likeness (QED) is 0.834. The number of benzene rings is 1. The number of hydrogen-bond acceptors (Lipinski definition) is 2. The van der Waals surface area contributed by atoms with Crippen LogP contribution in [0.2, 0.25) is 0 Å². The number of aromatic nitrogens is 1. The van der Waals surface area contributed by atoms with Gasteiger partial charge in [0.15, 0.2) is 0 Å². The van der Waals surface area contributed by atoms with E-state index in [9.17, 15) is 4.79 Å². The van der Waals surface area contributed by atoms with E-state index in [4.69, 9.17) is 0 Å². The van der Waals surface area contributed by atoms with Gasteiger partial charge in [-0.1, -0.05) is 37.3 Å². The Hall–Kier alpha value is -2.16. The molecule has 1 aromatic carbocycles. The smallest absolute Gasteiger partial charge is 0.220 e. The largest absolute Gasteiger partial charge is 0.334 e. The van der Waals surface area contributed by atoms with Crippen molar-refractivity contribution in [1.82, 2.24) is 9.88 Å². The van der Waals surface area contributed by atoms with Crippen LogP contribution in [0.1, 0.15) is 30.5 Å². The maximum Gasteiger partial charge on any atom is 0.220 e. The topological polar surface area (TPSA) is 33.2 Å². The molecule has 1 amide bonds. The van der Waals surface area contributed by atoms with Crippen LogP contribution in [0.15, 0.2) is 48.8 Å². The summed E-state index contributed by atoms with van der Waals surface area (Å²) in [7, 11) is 0. The van der Waals surface area contributed by atoms with Crippen LogP contribution in [0.25, 0.3) is 0 Å². The Morgan fingerprint density at radius 3 is 2.25 bits per heavy atom. The van der Waals surface area contributed by atoms with Gasteiger partial charge in [0.1, 0.15) is 0 Å². The molecule has 2 aromatic rings. The second-order valence-corrected chi connectivity index (χ2v) is 4.91. The van der Waals surface area contributed by atoms with Gasteiger partial charge in [0.25, 0.3) is 0 Å². The van der Waals surface area contributed by atoms with Crippen LogP contribution in [-0.4, -0.2) is 15.8 Å². The highest BCUT2D eigenvalue weighted by molar-refractivity contribution is 5.73. The summed E-state index contributed by atoms with van der Waals surface area (Å²) in [6, 6.07) is 12.3. The average molecular weight is 268 g/mol. The third-order valence-electron chi connectivity index (χ3n) is 3.35. The highest BCUT2D eigenvalue weighted by Crippen LogP contribution is 2.11. The zero-order valence-corrected chi connectivity index (χ0v) is 12.0. The molecule has 104 valence electrons. The molecule has 0 radical (unpaired) electrons. The van der Waals surface area contributed by atoms with Gasteiger partial charge in [-0.05, 0) is 29.2 Å². The molecule has 0 aliphatic carbocycles. The van der Waals surface area contributed by atoms with Crippen LogP contribution in [0.4, 0.5) is 0 Å². The summed E-state index contributed by atoms with van der Waals surface area (Å²) in [6.45, 7) is 4.98. The van der Waals surface area contributed by atoms with E-state index in [1.807, 2.05) is 17.0 Å². The van der Waals surface area contributed by atoms with Gasteiger partial charge < -0.3 is 4.90 Å². The van der Waals surface area contributed by atoms with E-state index in [0.717, 1.165) is 17.5 Å². The lowest BCUT2D eigenvalue weighted by Gasteiger charge is -2.21. The van der Waals surface area contributed by atoms with Crippen molar-refractivity contribution in [3.8, 4) is 0 Å². The van der Waals surface area contributed by atoms with Crippen molar-refractivity contribution in [3.63, 3.8) is 0 Å². The lowest BCUT2D eigenvalue weighted by Crippen LogP contribution is -2.27. The maximum atomic E-state index is 11.8. The van der Waals surface area contributed by atoms with Crippen molar-refractivity contribution in [2.45, 2.75) is 33.4 Å². The summed E-state index contributed by atoms with van der Waals surface area (Å²) in [4.78, 5) is 17.7. The first kappa shape index (κ1) is 14.3. The van der Waals surface area contributed by atoms with Crippen LogP contribution < -0.4 is 0 Å². The fraction of sp³-hybridized carbons (Fsp3) is 0.294. The average Bonchev–Trinajstić information content (AvgIpc) is 2.48. The van der Waals surface area contributed by atoms with Crippen molar-refractivity contribution in [3.05, 3.63) is 65.5 Å². The number of hydrogen-bond donors (Lipinski definition) is 0. The second-order valence-electron chi connectivity index (χ2n) is 4.91. The Kier molecular flexibility index (Phi) is 4.88. The summed E-state index contributed by atoms with van der Waals surface area (Å²) in [5.74, 6) is 0.0772. The van der Waals surface area contributed by atoms with Gasteiger partial charge in [-0.25, -0.2) is 0 Å². The van der Waals surface area contributed by atoms with Crippen molar-refractivity contribution >= 4 is 5.91 Å². The first-order valence-corrected chi connectivity index (χ1v) is 6.91. The minimum absolute atomic E-state index is 0.0772.